The van der Waals surface area contributed by atoms with Crippen LogP contribution < -0.4 is 5.32 Å². The summed E-state index contributed by atoms with van der Waals surface area (Å²) in [6.45, 7) is 1.89. The summed E-state index contributed by atoms with van der Waals surface area (Å²) in [5.74, 6) is 0.214. The standard InChI is InChI=1S/C14H13NO2S/c1-10-9-11(16)4-5-12(10)15-7-6-13(17)14-3-2-8-18-14/h2-9,15-16H,1H3/b7-6+. The van der Waals surface area contributed by atoms with Crippen molar-refractivity contribution in [2.45, 2.75) is 6.92 Å². The van der Waals surface area contributed by atoms with E-state index in [9.17, 15) is 9.90 Å². The Hall–Kier alpha value is -2.07. The van der Waals surface area contributed by atoms with Crippen LogP contribution in [0.4, 0.5) is 5.69 Å². The maximum absolute atomic E-state index is 11.7. The largest absolute Gasteiger partial charge is 0.508 e. The molecule has 2 aromatic rings. The number of allylic oxidation sites excluding steroid dienone is 1. The summed E-state index contributed by atoms with van der Waals surface area (Å²) in [5.41, 5.74) is 1.78. The molecule has 1 heterocycles. The third-order valence-electron chi connectivity index (χ3n) is 2.45. The van der Waals surface area contributed by atoms with Crippen LogP contribution >= 0.6 is 11.3 Å². The lowest BCUT2D eigenvalue weighted by atomic mass is 10.2. The fraction of sp³-hybridized carbons (Fsp3) is 0.0714. The summed E-state index contributed by atoms with van der Waals surface area (Å²) < 4.78 is 0. The van der Waals surface area contributed by atoms with Crippen molar-refractivity contribution in [2.24, 2.45) is 0 Å². The Balaban J connectivity index is 2.01. The van der Waals surface area contributed by atoms with Gasteiger partial charge in [-0.1, -0.05) is 6.07 Å². The highest BCUT2D eigenvalue weighted by molar-refractivity contribution is 7.12. The molecule has 4 heteroatoms. The van der Waals surface area contributed by atoms with Gasteiger partial charge in [0, 0.05) is 18.0 Å². The Morgan fingerprint density at radius 3 is 2.89 bits per heavy atom. The van der Waals surface area contributed by atoms with E-state index in [0.29, 0.717) is 0 Å². The first-order valence-corrected chi connectivity index (χ1v) is 6.35. The van der Waals surface area contributed by atoms with E-state index in [2.05, 4.69) is 5.32 Å². The molecule has 92 valence electrons. The number of thiophene rings is 1. The fourth-order valence-electron chi connectivity index (χ4n) is 1.52. The molecular weight excluding hydrogens is 246 g/mol. The molecule has 0 aliphatic rings. The summed E-state index contributed by atoms with van der Waals surface area (Å²) in [4.78, 5) is 12.4. The first-order chi connectivity index (χ1) is 8.66. The van der Waals surface area contributed by atoms with E-state index in [0.717, 1.165) is 16.1 Å². The predicted octanol–water partition coefficient (Wildman–Crippen LogP) is 3.57. The Morgan fingerprint density at radius 2 is 2.22 bits per heavy atom. The quantitative estimate of drug-likeness (QED) is 0.501. The topological polar surface area (TPSA) is 49.3 Å². The molecule has 3 nitrogen and oxygen atoms in total. The molecule has 0 saturated carbocycles. The summed E-state index contributed by atoms with van der Waals surface area (Å²) in [5, 5.41) is 14.2. The molecule has 0 aliphatic carbocycles. The number of aromatic hydroxyl groups is 1. The average molecular weight is 259 g/mol. The number of carbonyl (C=O) groups is 1. The number of nitrogens with one attached hydrogen (secondary N) is 1. The zero-order valence-electron chi connectivity index (χ0n) is 9.88. The molecule has 0 bridgehead atoms. The lowest BCUT2D eigenvalue weighted by molar-refractivity contribution is 0.105. The third kappa shape index (κ3) is 2.99. The van der Waals surface area contributed by atoms with Gasteiger partial charge in [0.15, 0.2) is 5.78 Å². The second-order valence-corrected chi connectivity index (χ2v) is 4.77. The Bertz CT molecular complexity index is 573. The van der Waals surface area contributed by atoms with E-state index in [1.165, 1.54) is 17.4 Å². The maximum Gasteiger partial charge on any atom is 0.197 e. The highest BCUT2D eigenvalue weighted by atomic mass is 32.1. The van der Waals surface area contributed by atoms with Crippen molar-refractivity contribution < 1.29 is 9.90 Å². The minimum atomic E-state index is -0.0195. The molecule has 0 spiro atoms. The van der Waals surface area contributed by atoms with Gasteiger partial charge < -0.3 is 10.4 Å². The van der Waals surface area contributed by atoms with Crippen LogP contribution in [0.2, 0.25) is 0 Å². The highest BCUT2D eigenvalue weighted by Crippen LogP contribution is 2.20. The van der Waals surface area contributed by atoms with E-state index in [4.69, 9.17) is 0 Å². The molecule has 0 radical (unpaired) electrons. The molecule has 1 aromatic heterocycles. The number of hydrogen-bond acceptors (Lipinski definition) is 4. The second-order valence-electron chi connectivity index (χ2n) is 3.82. The fourth-order valence-corrected chi connectivity index (χ4v) is 2.16. The predicted molar refractivity (Wildman–Crippen MR) is 74.3 cm³/mol. The number of benzene rings is 1. The van der Waals surface area contributed by atoms with Crippen LogP contribution in [-0.2, 0) is 0 Å². The van der Waals surface area contributed by atoms with E-state index in [1.807, 2.05) is 18.4 Å². The van der Waals surface area contributed by atoms with Crippen LogP contribution in [-0.4, -0.2) is 10.9 Å². The molecule has 0 aliphatic heterocycles. The molecule has 0 saturated heterocycles. The van der Waals surface area contributed by atoms with Crippen LogP contribution in [0.25, 0.3) is 0 Å². The van der Waals surface area contributed by atoms with Gasteiger partial charge >= 0.3 is 0 Å². The van der Waals surface area contributed by atoms with Gasteiger partial charge in [-0.05, 0) is 42.1 Å². The molecule has 0 unspecified atom stereocenters. The van der Waals surface area contributed by atoms with Crippen molar-refractivity contribution in [1.29, 1.82) is 0 Å². The van der Waals surface area contributed by atoms with Crippen molar-refractivity contribution >= 4 is 22.8 Å². The van der Waals surface area contributed by atoms with Crippen LogP contribution in [0.3, 0.4) is 0 Å². The number of rotatable bonds is 4. The van der Waals surface area contributed by atoms with Crippen molar-refractivity contribution in [3.63, 3.8) is 0 Å². The van der Waals surface area contributed by atoms with Crippen LogP contribution in [0.15, 0.2) is 48.0 Å². The van der Waals surface area contributed by atoms with E-state index in [-0.39, 0.29) is 11.5 Å². The van der Waals surface area contributed by atoms with E-state index >= 15 is 0 Å². The van der Waals surface area contributed by atoms with Gasteiger partial charge in [-0.2, -0.15) is 0 Å². The zero-order chi connectivity index (χ0) is 13.0. The average Bonchev–Trinajstić information content (AvgIpc) is 2.85. The van der Waals surface area contributed by atoms with Crippen LogP contribution in [0, 0.1) is 6.92 Å². The summed E-state index contributed by atoms with van der Waals surface area (Å²) in [6, 6.07) is 8.68. The number of phenols is 1. The zero-order valence-corrected chi connectivity index (χ0v) is 10.7. The third-order valence-corrected chi connectivity index (χ3v) is 3.33. The number of carbonyl (C=O) groups excluding carboxylic acids is 1. The minimum absolute atomic E-state index is 0.0195. The first kappa shape index (κ1) is 12.4. The van der Waals surface area contributed by atoms with Crippen LogP contribution in [0.5, 0.6) is 5.75 Å². The molecule has 2 N–H and O–H groups in total. The summed E-state index contributed by atoms with van der Waals surface area (Å²) in [7, 11) is 0. The van der Waals surface area contributed by atoms with Gasteiger partial charge in [-0.25, -0.2) is 0 Å². The van der Waals surface area contributed by atoms with Crippen molar-refractivity contribution in [2.75, 3.05) is 5.32 Å². The Morgan fingerprint density at radius 1 is 1.39 bits per heavy atom. The smallest absolute Gasteiger partial charge is 0.197 e. The van der Waals surface area contributed by atoms with Crippen molar-refractivity contribution in [3.05, 3.63) is 58.4 Å². The lowest BCUT2D eigenvalue weighted by Crippen LogP contribution is -1.94. The number of hydrogen-bond donors (Lipinski definition) is 2. The summed E-state index contributed by atoms with van der Waals surface area (Å²) >= 11 is 1.42. The normalized spacial score (nSPS) is 10.7. The SMILES string of the molecule is Cc1cc(O)ccc1N/C=C/C(=O)c1cccs1. The second kappa shape index (κ2) is 5.51. The number of ketones is 1. The maximum atomic E-state index is 11.7. The van der Waals surface area contributed by atoms with Gasteiger partial charge in [-0.3, -0.25) is 4.79 Å². The molecule has 0 amide bonds. The molecular formula is C14H13NO2S. The van der Waals surface area contributed by atoms with Gasteiger partial charge in [0.2, 0.25) is 0 Å². The highest BCUT2D eigenvalue weighted by Gasteiger charge is 2.01. The number of aryl methyl sites for hydroxylation is 1. The monoisotopic (exact) mass is 259 g/mol. The molecule has 1 aromatic carbocycles. The molecule has 0 atom stereocenters. The molecule has 2 rings (SSSR count). The minimum Gasteiger partial charge on any atom is -0.508 e. The van der Waals surface area contributed by atoms with E-state index < -0.39 is 0 Å². The first-order valence-electron chi connectivity index (χ1n) is 5.47. The lowest BCUT2D eigenvalue weighted by Gasteiger charge is -2.05. The number of anilines is 1. The molecule has 18 heavy (non-hydrogen) atoms. The van der Waals surface area contributed by atoms with Gasteiger partial charge in [-0.15, -0.1) is 11.3 Å². The van der Waals surface area contributed by atoms with Crippen molar-refractivity contribution in [1.82, 2.24) is 0 Å². The number of phenolic OH excluding ortho intramolecular Hbond substituents is 1. The molecule has 0 fully saturated rings. The van der Waals surface area contributed by atoms with Gasteiger partial charge in [0.1, 0.15) is 5.75 Å². The van der Waals surface area contributed by atoms with Gasteiger partial charge in [0.25, 0.3) is 0 Å². The van der Waals surface area contributed by atoms with E-state index in [1.54, 1.807) is 30.5 Å². The van der Waals surface area contributed by atoms with Gasteiger partial charge in [0.05, 0.1) is 4.88 Å². The summed E-state index contributed by atoms with van der Waals surface area (Å²) in [6.07, 6.45) is 3.11. The Kier molecular flexibility index (Phi) is 3.79. The van der Waals surface area contributed by atoms with Crippen LogP contribution in [0.1, 0.15) is 15.2 Å². The Labute approximate surface area is 109 Å². The van der Waals surface area contributed by atoms with Crippen molar-refractivity contribution in [3.8, 4) is 5.75 Å².